The first-order valence-electron chi connectivity index (χ1n) is 15.2. The minimum absolute atomic E-state index is 1.08. The highest BCUT2D eigenvalue weighted by Gasteiger charge is 2.19. The molecule has 0 bridgehead atoms. The highest BCUT2D eigenvalue weighted by molar-refractivity contribution is 9.10. The van der Waals surface area contributed by atoms with Gasteiger partial charge in [0, 0.05) is 38.0 Å². The lowest BCUT2D eigenvalue weighted by atomic mass is 9.97. The third-order valence-corrected chi connectivity index (χ3v) is 9.37. The maximum absolute atomic E-state index is 3.80. The summed E-state index contributed by atoms with van der Waals surface area (Å²) in [4.78, 5) is 2.30. The van der Waals surface area contributed by atoms with Crippen LogP contribution in [0.25, 0.3) is 60.2 Å². The SMILES string of the molecule is Brc1cc2ccc3cc(-c4ccc(N(c5ccccc5)c5ccccc5)cc4)cc4c3c2c(c1)n4-c1ccc2ccccc2c1. The molecule has 8 aromatic carbocycles. The molecule has 0 aliphatic heterocycles. The Labute approximate surface area is 269 Å². The zero-order valence-corrected chi connectivity index (χ0v) is 25.9. The van der Waals surface area contributed by atoms with Crippen molar-refractivity contribution >= 4 is 76.3 Å². The van der Waals surface area contributed by atoms with E-state index in [1.807, 2.05) is 0 Å². The molecule has 0 radical (unpaired) electrons. The molecule has 0 N–H and O–H groups in total. The summed E-state index contributed by atoms with van der Waals surface area (Å²) in [5, 5.41) is 7.60. The summed E-state index contributed by atoms with van der Waals surface area (Å²) in [6, 6.07) is 59.2. The van der Waals surface area contributed by atoms with Gasteiger partial charge in [0.15, 0.2) is 0 Å². The summed E-state index contributed by atoms with van der Waals surface area (Å²) in [5.74, 6) is 0. The van der Waals surface area contributed by atoms with E-state index in [-0.39, 0.29) is 0 Å². The minimum atomic E-state index is 1.08. The number of aromatic nitrogens is 1. The molecule has 2 nitrogen and oxygen atoms in total. The lowest BCUT2D eigenvalue weighted by Gasteiger charge is -2.25. The quantitative estimate of drug-likeness (QED) is 0.170. The monoisotopic (exact) mass is 638 g/mol. The van der Waals surface area contributed by atoms with Crippen LogP contribution in [0.15, 0.2) is 168 Å². The molecule has 45 heavy (non-hydrogen) atoms. The second-order valence-corrected chi connectivity index (χ2v) is 12.5. The topological polar surface area (TPSA) is 8.17 Å². The number of para-hydroxylation sites is 2. The summed E-state index contributed by atoms with van der Waals surface area (Å²) < 4.78 is 3.52. The molecular weight excluding hydrogens is 612 g/mol. The van der Waals surface area contributed by atoms with Crippen molar-refractivity contribution in [3.05, 3.63) is 168 Å². The van der Waals surface area contributed by atoms with Gasteiger partial charge in [-0.15, -0.1) is 0 Å². The van der Waals surface area contributed by atoms with Crippen LogP contribution in [-0.4, -0.2) is 4.57 Å². The molecular formula is C42H27BrN2. The van der Waals surface area contributed by atoms with Crippen LogP contribution in [0, 0.1) is 0 Å². The van der Waals surface area contributed by atoms with Crippen LogP contribution >= 0.6 is 15.9 Å². The summed E-state index contributed by atoms with van der Waals surface area (Å²) in [6.07, 6.45) is 0. The molecule has 0 atom stereocenters. The van der Waals surface area contributed by atoms with Crippen molar-refractivity contribution in [3.8, 4) is 16.8 Å². The number of hydrogen-bond donors (Lipinski definition) is 0. The Morgan fingerprint density at radius 3 is 1.64 bits per heavy atom. The van der Waals surface area contributed by atoms with E-state index in [2.05, 4.69) is 189 Å². The van der Waals surface area contributed by atoms with Crippen LogP contribution < -0.4 is 4.90 Å². The predicted molar refractivity (Wildman–Crippen MR) is 195 cm³/mol. The van der Waals surface area contributed by atoms with Gasteiger partial charge in [0.05, 0.1) is 11.0 Å². The summed E-state index contributed by atoms with van der Waals surface area (Å²) >= 11 is 3.80. The third kappa shape index (κ3) is 4.31. The third-order valence-electron chi connectivity index (χ3n) is 8.91. The number of halogens is 1. The van der Waals surface area contributed by atoms with Crippen molar-refractivity contribution < 1.29 is 0 Å². The van der Waals surface area contributed by atoms with Crippen molar-refractivity contribution in [1.29, 1.82) is 0 Å². The Bertz CT molecular complexity index is 2440. The van der Waals surface area contributed by atoms with Crippen molar-refractivity contribution in [2.45, 2.75) is 0 Å². The van der Waals surface area contributed by atoms with Gasteiger partial charge in [-0.05, 0) is 105 Å². The lowest BCUT2D eigenvalue weighted by Crippen LogP contribution is -2.09. The summed E-state index contributed by atoms with van der Waals surface area (Å²) in [6.45, 7) is 0. The number of nitrogens with zero attached hydrogens (tertiary/aromatic N) is 2. The van der Waals surface area contributed by atoms with Gasteiger partial charge in [0.1, 0.15) is 0 Å². The summed E-state index contributed by atoms with van der Waals surface area (Å²) in [5.41, 5.74) is 9.38. The molecule has 3 heteroatoms. The first-order valence-corrected chi connectivity index (χ1v) is 16.0. The number of anilines is 3. The molecule has 0 aliphatic rings. The molecule has 0 saturated heterocycles. The fraction of sp³-hybridized carbons (Fsp3) is 0. The van der Waals surface area contributed by atoms with Gasteiger partial charge in [-0.2, -0.15) is 0 Å². The van der Waals surface area contributed by atoms with Gasteiger partial charge in [-0.3, -0.25) is 0 Å². The molecule has 0 aliphatic carbocycles. The molecule has 0 unspecified atom stereocenters. The van der Waals surface area contributed by atoms with E-state index in [4.69, 9.17) is 0 Å². The van der Waals surface area contributed by atoms with Gasteiger partial charge < -0.3 is 9.47 Å². The average molecular weight is 640 g/mol. The Hall–Kier alpha value is -5.38. The number of hydrogen-bond acceptors (Lipinski definition) is 1. The first-order chi connectivity index (χ1) is 22.2. The van der Waals surface area contributed by atoms with E-state index in [1.165, 1.54) is 60.2 Å². The Morgan fingerprint density at radius 1 is 0.400 bits per heavy atom. The molecule has 0 saturated carbocycles. The number of benzene rings is 8. The second kappa shape index (κ2) is 10.4. The van der Waals surface area contributed by atoms with Gasteiger partial charge in [-0.1, -0.05) is 107 Å². The van der Waals surface area contributed by atoms with Gasteiger partial charge >= 0.3 is 0 Å². The maximum atomic E-state index is 3.80. The van der Waals surface area contributed by atoms with Crippen LogP contribution in [0.4, 0.5) is 17.1 Å². The first kappa shape index (κ1) is 26.1. The zero-order valence-electron chi connectivity index (χ0n) is 24.4. The largest absolute Gasteiger partial charge is 0.311 e. The smallest absolute Gasteiger partial charge is 0.0558 e. The predicted octanol–water partition coefficient (Wildman–Crippen LogP) is 12.4. The standard InChI is InChI=1S/C42H27BrN2/c43-34-24-32-16-15-31-23-33(29-17-20-37(21-18-29)44(35-11-3-1-4-12-35)36-13-5-2-6-14-36)26-39-41(31)42(32)40(27-34)45(39)38-22-19-28-9-7-8-10-30(28)25-38/h1-27H. The maximum Gasteiger partial charge on any atom is 0.0558 e. The molecule has 9 rings (SSSR count). The van der Waals surface area contributed by atoms with Crippen LogP contribution in [0.1, 0.15) is 0 Å². The van der Waals surface area contributed by atoms with E-state index >= 15 is 0 Å². The zero-order chi connectivity index (χ0) is 29.9. The van der Waals surface area contributed by atoms with Crippen LogP contribution in [0.3, 0.4) is 0 Å². The van der Waals surface area contributed by atoms with Gasteiger partial charge in [-0.25, -0.2) is 0 Å². The molecule has 0 amide bonds. The van der Waals surface area contributed by atoms with Crippen molar-refractivity contribution in [2.24, 2.45) is 0 Å². The van der Waals surface area contributed by atoms with Crippen molar-refractivity contribution in [2.75, 3.05) is 4.90 Å². The summed E-state index contributed by atoms with van der Waals surface area (Å²) in [7, 11) is 0. The minimum Gasteiger partial charge on any atom is -0.311 e. The molecule has 0 fully saturated rings. The molecule has 9 aromatic rings. The normalized spacial score (nSPS) is 11.7. The molecule has 1 heterocycles. The molecule has 212 valence electrons. The van der Waals surface area contributed by atoms with E-state index in [9.17, 15) is 0 Å². The lowest BCUT2D eigenvalue weighted by molar-refractivity contribution is 1.19. The van der Waals surface area contributed by atoms with Crippen LogP contribution in [-0.2, 0) is 0 Å². The van der Waals surface area contributed by atoms with E-state index in [0.717, 1.165) is 21.5 Å². The number of rotatable bonds is 5. The van der Waals surface area contributed by atoms with Crippen LogP contribution in [0.5, 0.6) is 0 Å². The van der Waals surface area contributed by atoms with E-state index < -0.39 is 0 Å². The number of fused-ring (bicyclic) bond motifs is 1. The fourth-order valence-corrected chi connectivity index (χ4v) is 7.36. The molecule has 1 aromatic heterocycles. The molecule has 0 spiro atoms. The highest BCUT2D eigenvalue weighted by atomic mass is 79.9. The highest BCUT2D eigenvalue weighted by Crippen LogP contribution is 2.43. The Morgan fingerprint density at radius 2 is 0.956 bits per heavy atom. The fourth-order valence-electron chi connectivity index (χ4n) is 6.90. The van der Waals surface area contributed by atoms with Crippen molar-refractivity contribution in [1.82, 2.24) is 4.57 Å². The van der Waals surface area contributed by atoms with Gasteiger partial charge in [0.25, 0.3) is 0 Å². The van der Waals surface area contributed by atoms with Crippen molar-refractivity contribution in [3.63, 3.8) is 0 Å². The average Bonchev–Trinajstić information content (AvgIpc) is 3.42. The van der Waals surface area contributed by atoms with Gasteiger partial charge in [0.2, 0.25) is 0 Å². The van der Waals surface area contributed by atoms with E-state index in [0.29, 0.717) is 0 Å². The van der Waals surface area contributed by atoms with E-state index in [1.54, 1.807) is 0 Å². The second-order valence-electron chi connectivity index (χ2n) is 11.6. The Kier molecular flexibility index (Phi) is 6.00. The van der Waals surface area contributed by atoms with Crippen LogP contribution in [0.2, 0.25) is 0 Å². The Balaban J connectivity index is 1.23.